The van der Waals surface area contributed by atoms with Gasteiger partial charge in [0.1, 0.15) is 5.92 Å². The van der Waals surface area contributed by atoms with Crippen LogP contribution in [-0.4, -0.2) is 40.1 Å². The number of rotatable bonds is 11. The molecular weight excluding hydrogens is 404 g/mol. The van der Waals surface area contributed by atoms with E-state index in [9.17, 15) is 30.1 Å². The molecule has 0 saturated carbocycles. The summed E-state index contributed by atoms with van der Waals surface area (Å²) in [6, 6.07) is 13.6. The first-order chi connectivity index (χ1) is 14.9. The molecule has 2 aromatic rings. The lowest BCUT2D eigenvalue weighted by Crippen LogP contribution is -2.34. The average molecular weight is 428 g/mol. The summed E-state index contributed by atoms with van der Waals surface area (Å²) in [6.45, 7) is 0.569. The van der Waals surface area contributed by atoms with Gasteiger partial charge in [0, 0.05) is 21.8 Å². The van der Waals surface area contributed by atoms with Crippen LogP contribution in [0.25, 0.3) is 6.08 Å². The van der Waals surface area contributed by atoms with Gasteiger partial charge in [-0.05, 0) is 29.7 Å². The zero-order valence-corrected chi connectivity index (χ0v) is 17.0. The van der Waals surface area contributed by atoms with Gasteiger partial charge >= 0.3 is 5.97 Å². The zero-order valence-electron chi connectivity index (χ0n) is 17.0. The topological polar surface area (TPSA) is 133 Å². The SMILES string of the molecule is CCOC(=O)/C(=C/c1ccccc1)C[C@@H]([C@@H](C[N+](=O)[O-])c1ccccc1CO)[N+](=O)[O-]. The van der Waals surface area contributed by atoms with Crippen molar-refractivity contribution in [2.24, 2.45) is 0 Å². The highest BCUT2D eigenvalue weighted by Crippen LogP contribution is 2.30. The highest BCUT2D eigenvalue weighted by molar-refractivity contribution is 5.93. The molecule has 0 fully saturated rings. The van der Waals surface area contributed by atoms with Crippen LogP contribution in [0.5, 0.6) is 0 Å². The number of hydrogen-bond donors (Lipinski definition) is 1. The molecule has 1 N–H and O–H groups in total. The lowest BCUT2D eigenvalue weighted by atomic mass is 9.85. The molecule has 0 heterocycles. The number of nitro groups is 2. The highest BCUT2D eigenvalue weighted by Gasteiger charge is 2.39. The van der Waals surface area contributed by atoms with E-state index in [1.54, 1.807) is 55.5 Å². The van der Waals surface area contributed by atoms with E-state index in [1.165, 1.54) is 12.1 Å². The van der Waals surface area contributed by atoms with Gasteiger partial charge in [-0.15, -0.1) is 0 Å². The Kier molecular flexibility index (Phi) is 8.83. The summed E-state index contributed by atoms with van der Waals surface area (Å²) in [5, 5.41) is 33.0. The molecule has 0 bridgehead atoms. The van der Waals surface area contributed by atoms with Crippen LogP contribution in [0.2, 0.25) is 0 Å². The molecule has 2 atom stereocenters. The maximum Gasteiger partial charge on any atom is 0.334 e. The minimum atomic E-state index is -1.47. The quantitative estimate of drug-likeness (QED) is 0.251. The van der Waals surface area contributed by atoms with Crippen molar-refractivity contribution in [1.82, 2.24) is 0 Å². The van der Waals surface area contributed by atoms with E-state index < -0.39 is 40.9 Å². The second-order valence-corrected chi connectivity index (χ2v) is 6.84. The summed E-state index contributed by atoms with van der Waals surface area (Å²) in [5.41, 5.74) is 1.37. The summed E-state index contributed by atoms with van der Waals surface area (Å²) in [7, 11) is 0. The van der Waals surface area contributed by atoms with E-state index in [-0.39, 0.29) is 18.6 Å². The van der Waals surface area contributed by atoms with Crippen molar-refractivity contribution in [2.45, 2.75) is 31.9 Å². The fourth-order valence-electron chi connectivity index (χ4n) is 3.39. The van der Waals surface area contributed by atoms with Crippen molar-refractivity contribution < 1.29 is 24.5 Å². The number of hydrogen-bond acceptors (Lipinski definition) is 7. The number of esters is 1. The van der Waals surface area contributed by atoms with Gasteiger partial charge in [-0.1, -0.05) is 54.6 Å². The van der Waals surface area contributed by atoms with Crippen LogP contribution in [0.4, 0.5) is 0 Å². The predicted octanol–water partition coefficient (Wildman–Crippen LogP) is 3.22. The van der Waals surface area contributed by atoms with Crippen molar-refractivity contribution in [3.63, 3.8) is 0 Å². The zero-order chi connectivity index (χ0) is 22.8. The highest BCUT2D eigenvalue weighted by atomic mass is 16.6. The van der Waals surface area contributed by atoms with Crippen LogP contribution in [0.3, 0.4) is 0 Å². The van der Waals surface area contributed by atoms with Crippen molar-refractivity contribution in [1.29, 1.82) is 0 Å². The Hall–Kier alpha value is -3.59. The molecule has 0 saturated heterocycles. The summed E-state index contributed by atoms with van der Waals surface area (Å²) in [6.07, 6.45) is 1.13. The predicted molar refractivity (Wildman–Crippen MR) is 113 cm³/mol. The standard InChI is InChI=1S/C22H24N2O7/c1-2-31-22(26)18(12-16-8-4-3-5-9-16)13-21(24(29)30)20(14-23(27)28)19-11-7-6-10-17(19)15-25/h3-12,20-21,25H,2,13-15H2,1H3/b18-12+/t20-,21-/m0/s1. The summed E-state index contributed by atoms with van der Waals surface area (Å²) < 4.78 is 5.06. The van der Waals surface area contributed by atoms with Gasteiger partial charge < -0.3 is 9.84 Å². The average Bonchev–Trinajstić information content (AvgIpc) is 2.75. The van der Waals surface area contributed by atoms with Crippen LogP contribution in [0, 0.1) is 20.2 Å². The summed E-state index contributed by atoms with van der Waals surface area (Å²) in [4.78, 5) is 34.6. The first-order valence-electron chi connectivity index (χ1n) is 9.74. The van der Waals surface area contributed by atoms with E-state index in [1.807, 2.05) is 0 Å². The van der Waals surface area contributed by atoms with Crippen LogP contribution in [0.15, 0.2) is 60.2 Å². The lowest BCUT2D eigenvalue weighted by molar-refractivity contribution is -0.546. The van der Waals surface area contributed by atoms with E-state index in [0.29, 0.717) is 16.7 Å². The molecule has 0 spiro atoms. The molecule has 0 aromatic heterocycles. The maximum atomic E-state index is 12.5. The van der Waals surface area contributed by atoms with Crippen molar-refractivity contribution in [3.8, 4) is 0 Å². The first-order valence-corrected chi connectivity index (χ1v) is 9.74. The number of aliphatic hydroxyl groups excluding tert-OH is 1. The molecule has 164 valence electrons. The van der Waals surface area contributed by atoms with Crippen LogP contribution < -0.4 is 0 Å². The Morgan fingerprint density at radius 3 is 2.32 bits per heavy atom. The molecule has 0 unspecified atom stereocenters. The molecule has 9 nitrogen and oxygen atoms in total. The largest absolute Gasteiger partial charge is 0.463 e. The molecule has 0 aliphatic carbocycles. The number of ether oxygens (including phenoxy) is 1. The van der Waals surface area contributed by atoms with Gasteiger partial charge in [0.05, 0.1) is 13.2 Å². The van der Waals surface area contributed by atoms with Gasteiger partial charge in [0.25, 0.3) is 0 Å². The Labute approximate surface area is 179 Å². The minimum Gasteiger partial charge on any atom is -0.463 e. The van der Waals surface area contributed by atoms with Gasteiger partial charge in [-0.25, -0.2) is 4.79 Å². The molecule has 0 aliphatic rings. The third-order valence-corrected chi connectivity index (χ3v) is 4.81. The molecule has 0 radical (unpaired) electrons. The molecule has 2 aromatic carbocycles. The lowest BCUT2D eigenvalue weighted by Gasteiger charge is -2.21. The fourth-order valence-corrected chi connectivity index (χ4v) is 3.39. The summed E-state index contributed by atoms with van der Waals surface area (Å²) in [5.74, 6) is -1.87. The van der Waals surface area contributed by atoms with Crippen LogP contribution in [-0.2, 0) is 16.1 Å². The Morgan fingerprint density at radius 1 is 1.10 bits per heavy atom. The van der Waals surface area contributed by atoms with E-state index >= 15 is 0 Å². The number of nitrogens with zero attached hydrogens (tertiary/aromatic N) is 2. The van der Waals surface area contributed by atoms with Crippen molar-refractivity contribution in [2.75, 3.05) is 13.2 Å². The number of aliphatic hydroxyl groups is 1. The van der Waals surface area contributed by atoms with Crippen LogP contribution >= 0.6 is 0 Å². The Bertz CT molecular complexity index is 944. The second kappa shape index (κ2) is 11.6. The summed E-state index contributed by atoms with van der Waals surface area (Å²) >= 11 is 0. The molecule has 0 amide bonds. The van der Waals surface area contributed by atoms with Crippen LogP contribution in [0.1, 0.15) is 36.0 Å². The molecule has 31 heavy (non-hydrogen) atoms. The third-order valence-electron chi connectivity index (χ3n) is 4.81. The first kappa shape index (κ1) is 23.7. The number of carbonyl (C=O) groups is 1. The number of benzene rings is 2. The normalized spacial score (nSPS) is 13.3. The van der Waals surface area contributed by atoms with Gasteiger partial charge in [-0.2, -0.15) is 0 Å². The molecular formula is C22H24N2O7. The van der Waals surface area contributed by atoms with Gasteiger partial charge in [-0.3, -0.25) is 20.2 Å². The van der Waals surface area contributed by atoms with Crippen molar-refractivity contribution in [3.05, 3.63) is 97.1 Å². The van der Waals surface area contributed by atoms with Crippen molar-refractivity contribution >= 4 is 12.0 Å². The Balaban J connectivity index is 2.52. The molecule has 9 heteroatoms. The van der Waals surface area contributed by atoms with E-state index in [2.05, 4.69) is 0 Å². The third kappa shape index (κ3) is 6.71. The smallest absolute Gasteiger partial charge is 0.334 e. The molecule has 2 rings (SSSR count). The molecule has 0 aliphatic heterocycles. The number of carbonyl (C=O) groups excluding carboxylic acids is 1. The Morgan fingerprint density at radius 2 is 1.74 bits per heavy atom. The maximum absolute atomic E-state index is 12.5. The minimum absolute atomic E-state index is 0.0459. The van der Waals surface area contributed by atoms with Gasteiger partial charge in [0.2, 0.25) is 12.6 Å². The van der Waals surface area contributed by atoms with Gasteiger partial charge in [0.15, 0.2) is 0 Å². The monoisotopic (exact) mass is 428 g/mol. The fraction of sp³-hybridized carbons (Fsp3) is 0.318. The van der Waals surface area contributed by atoms with E-state index in [0.717, 1.165) is 0 Å². The van der Waals surface area contributed by atoms with E-state index in [4.69, 9.17) is 4.74 Å². The second-order valence-electron chi connectivity index (χ2n) is 6.84.